The molecule has 4 aromatic rings. The lowest BCUT2D eigenvalue weighted by atomic mass is 10.1. The highest BCUT2D eigenvalue weighted by Gasteiger charge is 2.24. The van der Waals surface area contributed by atoms with Crippen molar-refractivity contribution in [2.45, 2.75) is 31.1 Å². The number of carbonyl (C=O) groups excluding carboxylic acids is 1. The number of hydrogen-bond acceptors (Lipinski definition) is 6. The van der Waals surface area contributed by atoms with E-state index in [0.29, 0.717) is 18.0 Å². The number of thioether (sulfide) groups is 1. The van der Waals surface area contributed by atoms with E-state index in [1.165, 1.54) is 24.2 Å². The van der Waals surface area contributed by atoms with E-state index in [9.17, 15) is 4.79 Å². The average molecular weight is 475 g/mol. The highest BCUT2D eigenvalue weighted by Crippen LogP contribution is 2.35. The maximum Gasteiger partial charge on any atom is 0.264 e. The number of aromatic nitrogens is 2. The van der Waals surface area contributed by atoms with Gasteiger partial charge in [0.25, 0.3) is 5.91 Å². The quantitative estimate of drug-likeness (QED) is 0.248. The van der Waals surface area contributed by atoms with Crippen LogP contribution in [0.3, 0.4) is 0 Å². The monoisotopic (exact) mass is 474 g/mol. The first kappa shape index (κ1) is 21.9. The predicted octanol–water partition coefficient (Wildman–Crippen LogP) is 5.86. The number of anilines is 1. The summed E-state index contributed by atoms with van der Waals surface area (Å²) in [7, 11) is 0. The van der Waals surface area contributed by atoms with Gasteiger partial charge < -0.3 is 9.80 Å². The molecule has 0 radical (unpaired) electrons. The first-order chi connectivity index (χ1) is 16.2. The van der Waals surface area contributed by atoms with Crippen molar-refractivity contribution in [2.24, 2.45) is 0 Å². The molecule has 1 amide bonds. The Kier molecular flexibility index (Phi) is 6.60. The number of benzene rings is 2. The molecule has 3 heterocycles. The second-order valence-electron chi connectivity index (χ2n) is 8.19. The Bertz CT molecular complexity index is 1200. The number of carbonyl (C=O) groups is 1. The zero-order chi connectivity index (χ0) is 22.6. The minimum absolute atomic E-state index is 0.0313. The Morgan fingerprint density at radius 1 is 0.970 bits per heavy atom. The molecule has 0 bridgehead atoms. The van der Waals surface area contributed by atoms with Crippen LogP contribution in [-0.4, -0.2) is 40.1 Å². The molecule has 0 atom stereocenters. The molecule has 1 aliphatic rings. The Hall–Kier alpha value is -2.90. The second-order valence-corrected chi connectivity index (χ2v) is 9.99. The van der Waals surface area contributed by atoms with Gasteiger partial charge in [0, 0.05) is 26.2 Å². The standard InChI is InChI=1S/C26H26N4OS2/c1-32-26-27-23(29-14-8-9-15-29)21-16-22(33-24(21)28-26)25(31)30(17-19-10-4-2-5-11-19)18-20-12-6-3-7-13-20/h2-7,10-13,16H,8-9,14-15,17-18H2,1H3. The first-order valence-corrected chi connectivity index (χ1v) is 13.2. The van der Waals surface area contributed by atoms with Gasteiger partial charge in [0.15, 0.2) is 5.16 Å². The summed E-state index contributed by atoms with van der Waals surface area (Å²) in [5, 5.41) is 1.75. The third kappa shape index (κ3) is 4.89. The minimum atomic E-state index is 0.0313. The molecule has 1 aliphatic heterocycles. The van der Waals surface area contributed by atoms with Crippen molar-refractivity contribution in [2.75, 3.05) is 24.2 Å². The van der Waals surface area contributed by atoms with Gasteiger partial charge in [-0.3, -0.25) is 4.79 Å². The van der Waals surface area contributed by atoms with Gasteiger partial charge in [-0.25, -0.2) is 9.97 Å². The third-order valence-electron chi connectivity index (χ3n) is 5.87. The number of nitrogens with zero attached hydrogens (tertiary/aromatic N) is 4. The van der Waals surface area contributed by atoms with E-state index in [0.717, 1.165) is 45.4 Å². The van der Waals surface area contributed by atoms with Gasteiger partial charge in [-0.1, -0.05) is 72.4 Å². The number of thiophene rings is 1. The summed E-state index contributed by atoms with van der Waals surface area (Å²) in [6.45, 7) is 3.13. The van der Waals surface area contributed by atoms with Crippen LogP contribution in [0.15, 0.2) is 71.9 Å². The van der Waals surface area contributed by atoms with Crippen LogP contribution in [-0.2, 0) is 13.1 Å². The Labute approximate surface area is 202 Å². The van der Waals surface area contributed by atoms with Crippen molar-refractivity contribution in [3.63, 3.8) is 0 Å². The summed E-state index contributed by atoms with van der Waals surface area (Å²) in [5.74, 6) is 0.999. The highest BCUT2D eigenvalue weighted by molar-refractivity contribution is 7.98. The lowest BCUT2D eigenvalue weighted by Crippen LogP contribution is -2.29. The zero-order valence-electron chi connectivity index (χ0n) is 18.6. The Morgan fingerprint density at radius 3 is 2.15 bits per heavy atom. The first-order valence-electron chi connectivity index (χ1n) is 11.2. The van der Waals surface area contributed by atoms with Crippen molar-refractivity contribution >= 4 is 45.0 Å². The van der Waals surface area contributed by atoms with Gasteiger partial charge in [0.1, 0.15) is 10.6 Å². The molecule has 0 unspecified atom stereocenters. The minimum Gasteiger partial charge on any atom is -0.356 e. The molecule has 7 heteroatoms. The van der Waals surface area contributed by atoms with Gasteiger partial charge in [-0.15, -0.1) is 11.3 Å². The van der Waals surface area contributed by atoms with Crippen LogP contribution >= 0.6 is 23.1 Å². The van der Waals surface area contributed by atoms with Crippen LogP contribution in [0.25, 0.3) is 10.2 Å². The third-order valence-corrected chi connectivity index (χ3v) is 7.44. The summed E-state index contributed by atoms with van der Waals surface area (Å²) in [5.41, 5.74) is 2.23. The van der Waals surface area contributed by atoms with Gasteiger partial charge in [-0.05, 0) is 36.3 Å². The van der Waals surface area contributed by atoms with E-state index in [-0.39, 0.29) is 5.91 Å². The van der Waals surface area contributed by atoms with Crippen LogP contribution in [0, 0.1) is 0 Å². The van der Waals surface area contributed by atoms with Crippen molar-refractivity contribution in [3.8, 4) is 0 Å². The van der Waals surface area contributed by atoms with E-state index in [1.807, 2.05) is 53.6 Å². The molecule has 1 fully saturated rings. The molecule has 0 aliphatic carbocycles. The number of fused-ring (bicyclic) bond motifs is 1. The average Bonchev–Trinajstić information content (AvgIpc) is 3.54. The lowest BCUT2D eigenvalue weighted by Gasteiger charge is -2.22. The number of amides is 1. The molecule has 33 heavy (non-hydrogen) atoms. The largest absolute Gasteiger partial charge is 0.356 e. The Morgan fingerprint density at radius 2 is 1.58 bits per heavy atom. The summed E-state index contributed by atoms with van der Waals surface area (Å²) >= 11 is 3.02. The molecule has 0 N–H and O–H groups in total. The van der Waals surface area contributed by atoms with Gasteiger partial charge >= 0.3 is 0 Å². The number of rotatable bonds is 7. The Balaban J connectivity index is 1.51. The normalized spacial score (nSPS) is 13.5. The van der Waals surface area contributed by atoms with Gasteiger partial charge in [0.2, 0.25) is 0 Å². The summed E-state index contributed by atoms with van der Waals surface area (Å²) in [6, 6.07) is 22.3. The van der Waals surface area contributed by atoms with E-state index in [4.69, 9.17) is 9.97 Å². The molecule has 168 valence electrons. The summed E-state index contributed by atoms with van der Waals surface area (Å²) in [6.07, 6.45) is 4.35. The van der Waals surface area contributed by atoms with Crippen molar-refractivity contribution in [3.05, 3.63) is 82.7 Å². The van der Waals surface area contributed by atoms with Crippen LogP contribution < -0.4 is 4.90 Å². The maximum atomic E-state index is 13.8. The smallest absolute Gasteiger partial charge is 0.264 e. The number of hydrogen-bond donors (Lipinski definition) is 0. The molecule has 0 saturated carbocycles. The van der Waals surface area contributed by atoms with E-state index < -0.39 is 0 Å². The van der Waals surface area contributed by atoms with Crippen molar-refractivity contribution < 1.29 is 4.79 Å². The molecule has 5 rings (SSSR count). The maximum absolute atomic E-state index is 13.8. The molecule has 2 aromatic heterocycles. The SMILES string of the molecule is CSc1nc(N2CCCC2)c2cc(C(=O)N(Cc3ccccc3)Cc3ccccc3)sc2n1. The van der Waals surface area contributed by atoms with Gasteiger partial charge in [-0.2, -0.15) is 0 Å². The van der Waals surface area contributed by atoms with Crippen molar-refractivity contribution in [1.82, 2.24) is 14.9 Å². The van der Waals surface area contributed by atoms with Crippen LogP contribution in [0.2, 0.25) is 0 Å². The van der Waals surface area contributed by atoms with E-state index in [2.05, 4.69) is 29.2 Å². The zero-order valence-corrected chi connectivity index (χ0v) is 20.2. The van der Waals surface area contributed by atoms with Crippen LogP contribution in [0.1, 0.15) is 33.6 Å². The summed E-state index contributed by atoms with van der Waals surface area (Å²) in [4.78, 5) is 29.2. The predicted molar refractivity (Wildman–Crippen MR) is 137 cm³/mol. The van der Waals surface area contributed by atoms with Crippen LogP contribution in [0.5, 0.6) is 0 Å². The molecule has 1 saturated heterocycles. The lowest BCUT2D eigenvalue weighted by molar-refractivity contribution is 0.0735. The summed E-state index contributed by atoms with van der Waals surface area (Å²) < 4.78 is 0. The highest BCUT2D eigenvalue weighted by atomic mass is 32.2. The molecule has 0 spiro atoms. The van der Waals surface area contributed by atoms with E-state index in [1.54, 1.807) is 11.8 Å². The molecule has 5 nitrogen and oxygen atoms in total. The van der Waals surface area contributed by atoms with Crippen LogP contribution in [0.4, 0.5) is 5.82 Å². The molecular weight excluding hydrogens is 448 g/mol. The topological polar surface area (TPSA) is 49.3 Å². The molecular formula is C26H26N4OS2. The second kappa shape index (κ2) is 9.93. The fraction of sp³-hybridized carbons (Fsp3) is 0.269. The fourth-order valence-electron chi connectivity index (χ4n) is 4.22. The molecule has 2 aromatic carbocycles. The van der Waals surface area contributed by atoms with Crippen molar-refractivity contribution in [1.29, 1.82) is 0 Å². The van der Waals surface area contributed by atoms with Gasteiger partial charge in [0.05, 0.1) is 10.3 Å². The fourth-order valence-corrected chi connectivity index (χ4v) is 5.63. The van der Waals surface area contributed by atoms with E-state index >= 15 is 0 Å².